The molecule has 4 aromatic rings. The average Bonchev–Trinajstić information content (AvgIpc) is 3.21. The molecule has 1 aliphatic rings. The molecule has 1 N–H and O–H groups in total. The number of hydrogen-bond donors (Lipinski definition) is 1. The Hall–Kier alpha value is -4.13. The summed E-state index contributed by atoms with van der Waals surface area (Å²) in [5, 5.41) is 12.5. The summed E-state index contributed by atoms with van der Waals surface area (Å²) in [6.45, 7) is 0.498. The van der Waals surface area contributed by atoms with Crippen molar-refractivity contribution < 1.29 is 14.5 Å². The van der Waals surface area contributed by atoms with E-state index in [9.17, 15) is 14.9 Å². The molecular formula is C25H21N3O4. The first-order valence-corrected chi connectivity index (χ1v) is 10.4. The number of rotatable bonds is 4. The highest BCUT2D eigenvalue weighted by molar-refractivity contribution is 5.95. The number of aromatic nitrogens is 1. The lowest BCUT2D eigenvalue weighted by atomic mass is 9.91. The van der Waals surface area contributed by atoms with Crippen LogP contribution in [0.1, 0.15) is 33.2 Å². The molecule has 0 fully saturated rings. The van der Waals surface area contributed by atoms with Gasteiger partial charge in [-0.3, -0.25) is 14.9 Å². The lowest BCUT2D eigenvalue weighted by Gasteiger charge is -2.36. The fourth-order valence-electron chi connectivity index (χ4n) is 4.51. The van der Waals surface area contributed by atoms with Crippen LogP contribution in [0, 0.1) is 10.1 Å². The molecule has 5 rings (SSSR count). The van der Waals surface area contributed by atoms with E-state index < -0.39 is 11.0 Å². The van der Waals surface area contributed by atoms with Gasteiger partial charge >= 0.3 is 0 Å². The molecule has 0 bridgehead atoms. The van der Waals surface area contributed by atoms with Crippen molar-refractivity contribution in [3.63, 3.8) is 0 Å². The van der Waals surface area contributed by atoms with E-state index in [2.05, 4.69) is 4.98 Å². The van der Waals surface area contributed by atoms with Crippen molar-refractivity contribution in [3.8, 4) is 5.75 Å². The zero-order valence-electron chi connectivity index (χ0n) is 17.4. The quantitative estimate of drug-likeness (QED) is 0.372. The zero-order valence-corrected chi connectivity index (χ0v) is 17.4. The van der Waals surface area contributed by atoms with E-state index in [1.54, 1.807) is 36.3 Å². The van der Waals surface area contributed by atoms with Crippen molar-refractivity contribution in [2.75, 3.05) is 13.7 Å². The minimum Gasteiger partial charge on any atom is -0.497 e. The summed E-state index contributed by atoms with van der Waals surface area (Å²) in [6, 6.07) is 21.0. The number of carbonyl (C=O) groups excluding carboxylic acids is 1. The lowest BCUT2D eigenvalue weighted by Crippen LogP contribution is -2.40. The molecule has 160 valence electrons. The number of methoxy groups -OCH3 is 1. The van der Waals surface area contributed by atoms with Crippen LogP contribution in [0.2, 0.25) is 0 Å². The van der Waals surface area contributed by atoms with Gasteiger partial charge in [-0.25, -0.2) is 0 Å². The van der Waals surface area contributed by atoms with E-state index in [4.69, 9.17) is 4.74 Å². The van der Waals surface area contributed by atoms with Crippen molar-refractivity contribution >= 4 is 22.5 Å². The first-order chi connectivity index (χ1) is 15.6. The monoisotopic (exact) mass is 427 g/mol. The molecule has 0 saturated heterocycles. The van der Waals surface area contributed by atoms with Gasteiger partial charge in [-0.15, -0.1) is 0 Å². The number of nitro benzene ring substituents is 1. The predicted octanol–water partition coefficient (Wildman–Crippen LogP) is 4.87. The molecule has 0 aliphatic carbocycles. The van der Waals surface area contributed by atoms with Crippen LogP contribution in [-0.2, 0) is 6.42 Å². The SMILES string of the molecule is COc1ccc2[nH]c3c(c2c1)CCN(C(=O)c1ccccc1)C3c1cccc([N+](=O)[O-])c1. The minimum atomic E-state index is -0.468. The van der Waals surface area contributed by atoms with Crippen LogP contribution >= 0.6 is 0 Å². The van der Waals surface area contributed by atoms with Crippen LogP contribution in [0.15, 0.2) is 72.8 Å². The number of amides is 1. The molecule has 1 amide bonds. The Morgan fingerprint density at radius 1 is 1.09 bits per heavy atom. The van der Waals surface area contributed by atoms with Gasteiger partial charge in [0.05, 0.1) is 18.1 Å². The summed E-state index contributed by atoms with van der Waals surface area (Å²) in [5.41, 5.74) is 4.21. The number of nitrogens with zero attached hydrogens (tertiary/aromatic N) is 2. The first-order valence-electron chi connectivity index (χ1n) is 10.4. The van der Waals surface area contributed by atoms with Crippen molar-refractivity contribution in [1.29, 1.82) is 0 Å². The third kappa shape index (κ3) is 3.28. The van der Waals surface area contributed by atoms with Crippen LogP contribution < -0.4 is 4.74 Å². The van der Waals surface area contributed by atoms with Crippen LogP contribution in [0.5, 0.6) is 5.75 Å². The van der Waals surface area contributed by atoms with Gasteiger partial charge in [0, 0.05) is 40.8 Å². The van der Waals surface area contributed by atoms with Crippen molar-refractivity contribution in [2.24, 2.45) is 0 Å². The van der Waals surface area contributed by atoms with E-state index in [-0.39, 0.29) is 11.6 Å². The zero-order chi connectivity index (χ0) is 22.2. The minimum absolute atomic E-state index is 0.000450. The Morgan fingerprint density at radius 3 is 2.66 bits per heavy atom. The van der Waals surface area contributed by atoms with E-state index >= 15 is 0 Å². The maximum Gasteiger partial charge on any atom is 0.269 e. The Kier molecular flexibility index (Phi) is 4.86. The second-order valence-electron chi connectivity index (χ2n) is 7.80. The molecule has 32 heavy (non-hydrogen) atoms. The van der Waals surface area contributed by atoms with Gasteiger partial charge in [0.1, 0.15) is 5.75 Å². The highest BCUT2D eigenvalue weighted by atomic mass is 16.6. The van der Waals surface area contributed by atoms with Gasteiger partial charge in [-0.2, -0.15) is 0 Å². The number of hydrogen-bond acceptors (Lipinski definition) is 4. The molecule has 1 aromatic heterocycles. The molecule has 1 aliphatic heterocycles. The largest absolute Gasteiger partial charge is 0.497 e. The maximum absolute atomic E-state index is 13.5. The predicted molar refractivity (Wildman–Crippen MR) is 121 cm³/mol. The number of carbonyl (C=O) groups is 1. The van der Waals surface area contributed by atoms with Crippen LogP contribution in [0.3, 0.4) is 0 Å². The smallest absolute Gasteiger partial charge is 0.269 e. The normalized spacial score (nSPS) is 15.4. The second kappa shape index (κ2) is 7.85. The van der Waals surface area contributed by atoms with Gasteiger partial charge in [0.15, 0.2) is 0 Å². The van der Waals surface area contributed by atoms with Gasteiger partial charge < -0.3 is 14.6 Å². The Morgan fingerprint density at radius 2 is 1.91 bits per heavy atom. The van der Waals surface area contributed by atoms with Gasteiger partial charge in [0.2, 0.25) is 0 Å². The van der Waals surface area contributed by atoms with E-state index in [0.717, 1.165) is 27.9 Å². The molecule has 0 saturated carbocycles. The number of ether oxygens (including phenoxy) is 1. The number of aromatic amines is 1. The van der Waals surface area contributed by atoms with Crippen molar-refractivity contribution in [3.05, 3.63) is 105 Å². The number of benzene rings is 3. The Bertz CT molecular complexity index is 1330. The molecular weight excluding hydrogens is 406 g/mol. The Balaban J connectivity index is 1.69. The summed E-state index contributed by atoms with van der Waals surface area (Å²) in [5.74, 6) is 0.651. The molecule has 7 heteroatoms. The number of nitrogens with one attached hydrogen (secondary N) is 1. The molecule has 7 nitrogen and oxygen atoms in total. The van der Waals surface area contributed by atoms with Gasteiger partial charge in [-0.05, 0) is 47.9 Å². The van der Waals surface area contributed by atoms with E-state index in [0.29, 0.717) is 24.1 Å². The van der Waals surface area contributed by atoms with Crippen LogP contribution in [-0.4, -0.2) is 34.4 Å². The second-order valence-corrected chi connectivity index (χ2v) is 7.80. The number of fused-ring (bicyclic) bond motifs is 3. The van der Waals surface area contributed by atoms with Crippen molar-refractivity contribution in [2.45, 2.75) is 12.5 Å². The van der Waals surface area contributed by atoms with Crippen molar-refractivity contribution in [1.82, 2.24) is 9.88 Å². The van der Waals surface area contributed by atoms with Gasteiger partial charge in [-0.1, -0.05) is 30.3 Å². The fraction of sp³-hybridized carbons (Fsp3) is 0.160. The van der Waals surface area contributed by atoms with E-state index in [1.807, 2.05) is 42.5 Å². The first kappa shape index (κ1) is 19.8. The van der Waals surface area contributed by atoms with Crippen LogP contribution in [0.4, 0.5) is 5.69 Å². The van der Waals surface area contributed by atoms with Gasteiger partial charge in [0.25, 0.3) is 11.6 Å². The number of non-ortho nitro benzene ring substituents is 1. The summed E-state index contributed by atoms with van der Waals surface area (Å²) in [6.07, 6.45) is 0.673. The number of H-pyrrole nitrogens is 1. The average molecular weight is 427 g/mol. The molecule has 1 unspecified atom stereocenters. The Labute approximate surface area is 184 Å². The fourth-order valence-corrected chi connectivity index (χ4v) is 4.51. The topological polar surface area (TPSA) is 88.5 Å². The third-order valence-electron chi connectivity index (χ3n) is 6.01. The summed E-state index contributed by atoms with van der Waals surface area (Å²) < 4.78 is 5.40. The maximum atomic E-state index is 13.5. The molecule has 0 spiro atoms. The van der Waals surface area contributed by atoms with E-state index in [1.165, 1.54) is 6.07 Å². The summed E-state index contributed by atoms with van der Waals surface area (Å²) in [7, 11) is 1.63. The van der Waals surface area contributed by atoms with Crippen LogP contribution in [0.25, 0.3) is 10.9 Å². The molecule has 1 atom stereocenters. The molecule has 3 aromatic carbocycles. The lowest BCUT2D eigenvalue weighted by molar-refractivity contribution is -0.384. The summed E-state index contributed by atoms with van der Waals surface area (Å²) >= 11 is 0. The molecule has 2 heterocycles. The summed E-state index contributed by atoms with van der Waals surface area (Å²) in [4.78, 5) is 29.8. The number of nitro groups is 1. The third-order valence-corrected chi connectivity index (χ3v) is 6.01. The standard InChI is InChI=1S/C25H21N3O4/c1-32-19-10-11-22-21(15-19)20-12-13-27(25(29)16-6-3-2-4-7-16)24(23(20)26-22)17-8-5-9-18(14-17)28(30)31/h2-11,14-15,24,26H,12-13H2,1H3. The molecule has 0 radical (unpaired) electrons. The highest BCUT2D eigenvalue weighted by Gasteiger charge is 2.35. The highest BCUT2D eigenvalue weighted by Crippen LogP contribution is 2.40.